The maximum Gasteiger partial charge on any atom is 0.300 e. The van der Waals surface area contributed by atoms with Gasteiger partial charge in [-0.05, 0) is 12.1 Å². The highest BCUT2D eigenvalue weighted by Crippen LogP contribution is 2.29. The van der Waals surface area contributed by atoms with Crippen LogP contribution >= 0.6 is 11.6 Å². The Balaban J connectivity index is 2.35. The van der Waals surface area contributed by atoms with E-state index in [0.29, 0.717) is 0 Å². The number of nitrogens with zero attached hydrogens (tertiary/aromatic N) is 2. The van der Waals surface area contributed by atoms with Crippen LogP contribution in [0.4, 0.5) is 5.69 Å². The van der Waals surface area contributed by atoms with Gasteiger partial charge in [0.15, 0.2) is 0 Å². The number of aliphatic hydroxyl groups is 2. The van der Waals surface area contributed by atoms with Crippen LogP contribution in [-0.4, -0.2) is 51.2 Å². The molecule has 1 aliphatic rings. The van der Waals surface area contributed by atoms with Crippen molar-refractivity contribution < 1.29 is 19.9 Å². The van der Waals surface area contributed by atoms with Crippen LogP contribution in [0.3, 0.4) is 0 Å². The van der Waals surface area contributed by atoms with Crippen molar-refractivity contribution in [1.82, 2.24) is 4.90 Å². The number of hydrogen-bond acceptors (Lipinski definition) is 5. The molecule has 0 radical (unpaired) electrons. The fourth-order valence-electron chi connectivity index (χ4n) is 1.98. The molecule has 1 heterocycles. The number of halogens is 1. The van der Waals surface area contributed by atoms with Gasteiger partial charge in [-0.3, -0.25) is 14.9 Å². The lowest BCUT2D eigenvalue weighted by atomic mass is 10.1. The van der Waals surface area contributed by atoms with Gasteiger partial charge in [-0.25, -0.2) is 0 Å². The van der Waals surface area contributed by atoms with Crippen LogP contribution in [0, 0.1) is 10.1 Å². The Morgan fingerprint density at radius 3 is 2.47 bits per heavy atom. The van der Waals surface area contributed by atoms with E-state index in [1.165, 1.54) is 18.2 Å². The zero-order chi connectivity index (χ0) is 14.2. The Morgan fingerprint density at radius 1 is 1.37 bits per heavy atom. The van der Waals surface area contributed by atoms with Gasteiger partial charge in [0.1, 0.15) is 10.6 Å². The lowest BCUT2D eigenvalue weighted by molar-refractivity contribution is -0.385. The second-order valence-corrected chi connectivity index (χ2v) is 4.65. The van der Waals surface area contributed by atoms with Gasteiger partial charge in [0.2, 0.25) is 0 Å². The molecule has 0 aromatic heterocycles. The van der Waals surface area contributed by atoms with E-state index >= 15 is 0 Å². The smallest absolute Gasteiger partial charge is 0.300 e. The topological polar surface area (TPSA) is 104 Å². The van der Waals surface area contributed by atoms with Gasteiger partial charge in [0.05, 0.1) is 17.1 Å². The first-order chi connectivity index (χ1) is 8.91. The number of amides is 1. The number of carbonyl (C=O) groups excluding carboxylic acids is 1. The SMILES string of the molecule is O=C(c1cccc(Cl)c1[N+](=O)[O-])N1C[C@@H](O)[C@@H](O)C1. The van der Waals surface area contributed by atoms with Crippen LogP contribution in [0.2, 0.25) is 5.02 Å². The molecule has 0 aliphatic carbocycles. The third kappa shape index (κ3) is 2.53. The molecule has 7 nitrogen and oxygen atoms in total. The number of β-amino-alcohol motifs (C(OH)–C–C–N with tert-alkyl or cyclic N) is 2. The monoisotopic (exact) mass is 286 g/mol. The molecule has 1 aromatic carbocycles. The van der Waals surface area contributed by atoms with E-state index in [4.69, 9.17) is 11.6 Å². The summed E-state index contributed by atoms with van der Waals surface area (Å²) in [6.07, 6.45) is -2.08. The van der Waals surface area contributed by atoms with Crippen LogP contribution in [0.1, 0.15) is 10.4 Å². The summed E-state index contributed by atoms with van der Waals surface area (Å²) >= 11 is 5.72. The van der Waals surface area contributed by atoms with Crippen molar-refractivity contribution in [3.63, 3.8) is 0 Å². The van der Waals surface area contributed by atoms with Crippen LogP contribution in [0.25, 0.3) is 0 Å². The first-order valence-electron chi connectivity index (χ1n) is 5.50. The van der Waals surface area contributed by atoms with Crippen molar-refractivity contribution in [2.45, 2.75) is 12.2 Å². The summed E-state index contributed by atoms with van der Waals surface area (Å²) in [5.74, 6) is -0.634. The number of nitro groups is 1. The van der Waals surface area contributed by atoms with Crippen molar-refractivity contribution in [1.29, 1.82) is 0 Å². The number of rotatable bonds is 2. The number of likely N-dealkylation sites (tertiary alicyclic amines) is 1. The Kier molecular flexibility index (Phi) is 3.70. The number of nitro benzene ring substituents is 1. The van der Waals surface area contributed by atoms with E-state index in [2.05, 4.69) is 0 Å². The molecule has 102 valence electrons. The predicted octanol–water partition coefficient (Wildman–Crippen LogP) is 0.426. The molecule has 2 rings (SSSR count). The molecule has 0 saturated carbocycles. The number of aliphatic hydroxyl groups excluding tert-OH is 2. The van der Waals surface area contributed by atoms with Gasteiger partial charge in [0, 0.05) is 13.1 Å². The molecule has 2 N–H and O–H groups in total. The maximum atomic E-state index is 12.2. The van der Waals surface area contributed by atoms with Gasteiger partial charge < -0.3 is 15.1 Å². The van der Waals surface area contributed by atoms with E-state index < -0.39 is 28.7 Å². The first kappa shape index (κ1) is 13.7. The van der Waals surface area contributed by atoms with E-state index in [1.54, 1.807) is 0 Å². The van der Waals surface area contributed by atoms with Crippen LogP contribution in [-0.2, 0) is 0 Å². The van der Waals surface area contributed by atoms with E-state index in [1.807, 2.05) is 0 Å². The quantitative estimate of drug-likeness (QED) is 0.606. The van der Waals surface area contributed by atoms with Crippen molar-refractivity contribution in [2.75, 3.05) is 13.1 Å². The summed E-state index contributed by atoms with van der Waals surface area (Å²) in [6, 6.07) is 4.05. The number of benzene rings is 1. The molecule has 1 aromatic rings. The average Bonchev–Trinajstić information content (AvgIpc) is 2.68. The summed E-state index contributed by atoms with van der Waals surface area (Å²) in [7, 11) is 0. The Hall–Kier alpha value is -1.70. The molecule has 1 amide bonds. The molecule has 1 fully saturated rings. The fourth-order valence-corrected chi connectivity index (χ4v) is 2.22. The fraction of sp³-hybridized carbons (Fsp3) is 0.364. The third-order valence-corrected chi connectivity index (χ3v) is 3.25. The molecule has 0 bridgehead atoms. The summed E-state index contributed by atoms with van der Waals surface area (Å²) in [4.78, 5) is 23.5. The van der Waals surface area contributed by atoms with Gasteiger partial charge in [0.25, 0.3) is 5.91 Å². The average molecular weight is 287 g/mol. The summed E-state index contributed by atoms with van der Waals surface area (Å²) < 4.78 is 0. The molecule has 1 aliphatic heterocycles. The summed E-state index contributed by atoms with van der Waals surface area (Å²) in [5.41, 5.74) is -0.621. The van der Waals surface area contributed by atoms with Crippen LogP contribution in [0.15, 0.2) is 18.2 Å². The maximum absolute atomic E-state index is 12.2. The molecule has 0 unspecified atom stereocenters. The summed E-state index contributed by atoms with van der Waals surface area (Å²) in [5, 5.41) is 29.6. The standard InChI is InChI=1S/C11H11ClN2O5/c12-7-3-1-2-6(10(7)14(18)19)11(17)13-4-8(15)9(16)5-13/h1-3,8-9,15-16H,4-5H2/t8-,9+. The van der Waals surface area contributed by atoms with Gasteiger partial charge >= 0.3 is 5.69 Å². The number of hydrogen-bond donors (Lipinski definition) is 2. The van der Waals surface area contributed by atoms with Crippen LogP contribution in [0.5, 0.6) is 0 Å². The minimum absolute atomic E-state index is 0.0658. The highest BCUT2D eigenvalue weighted by Gasteiger charge is 2.35. The van der Waals surface area contributed by atoms with Gasteiger partial charge in [-0.15, -0.1) is 0 Å². The van der Waals surface area contributed by atoms with Gasteiger partial charge in [-0.2, -0.15) is 0 Å². The lowest BCUT2D eigenvalue weighted by Crippen LogP contribution is -2.30. The molecular weight excluding hydrogens is 276 g/mol. The molecule has 8 heteroatoms. The molecule has 1 saturated heterocycles. The van der Waals surface area contributed by atoms with Crippen molar-refractivity contribution >= 4 is 23.2 Å². The zero-order valence-corrected chi connectivity index (χ0v) is 10.4. The van der Waals surface area contributed by atoms with Gasteiger partial charge in [-0.1, -0.05) is 17.7 Å². The largest absolute Gasteiger partial charge is 0.388 e. The zero-order valence-electron chi connectivity index (χ0n) is 9.69. The molecular formula is C11H11ClN2O5. The van der Waals surface area contributed by atoms with Crippen LogP contribution < -0.4 is 0 Å². The predicted molar refractivity (Wildman–Crippen MR) is 66.0 cm³/mol. The number of para-hydroxylation sites is 1. The Morgan fingerprint density at radius 2 is 1.95 bits per heavy atom. The molecule has 19 heavy (non-hydrogen) atoms. The highest BCUT2D eigenvalue weighted by atomic mass is 35.5. The Labute approximate surface area is 113 Å². The second-order valence-electron chi connectivity index (χ2n) is 4.24. The second kappa shape index (κ2) is 5.12. The third-order valence-electron chi connectivity index (χ3n) is 2.95. The Bertz CT molecular complexity index is 526. The normalized spacial score (nSPS) is 22.6. The first-order valence-corrected chi connectivity index (χ1v) is 5.88. The van der Waals surface area contributed by atoms with Crippen molar-refractivity contribution in [2.24, 2.45) is 0 Å². The minimum atomic E-state index is -1.04. The van der Waals surface area contributed by atoms with E-state index in [0.717, 1.165) is 4.90 Å². The lowest BCUT2D eigenvalue weighted by Gasteiger charge is -2.15. The van der Waals surface area contributed by atoms with E-state index in [-0.39, 0.29) is 23.7 Å². The minimum Gasteiger partial charge on any atom is -0.388 e. The summed E-state index contributed by atoms with van der Waals surface area (Å²) in [6.45, 7) is -0.132. The molecule has 2 atom stereocenters. The van der Waals surface area contributed by atoms with Crippen molar-refractivity contribution in [3.8, 4) is 0 Å². The number of carbonyl (C=O) groups is 1. The highest BCUT2D eigenvalue weighted by molar-refractivity contribution is 6.33. The van der Waals surface area contributed by atoms with Crippen molar-refractivity contribution in [3.05, 3.63) is 38.9 Å². The molecule has 0 spiro atoms. The van der Waals surface area contributed by atoms with E-state index in [9.17, 15) is 25.1 Å².